The molecule has 2 aliphatic heterocycles. The first-order valence-electron chi connectivity index (χ1n) is 5.37. The molecule has 76 valence electrons. The van der Waals surface area contributed by atoms with Crippen LogP contribution < -0.4 is 5.73 Å². The number of nitrogens with two attached hydrogens (primary N) is 1. The summed E-state index contributed by atoms with van der Waals surface area (Å²) in [5, 5.41) is 0.876. The molecule has 3 heteroatoms. The summed E-state index contributed by atoms with van der Waals surface area (Å²) < 4.78 is 0. The third-order valence-electron chi connectivity index (χ3n) is 3.27. The van der Waals surface area contributed by atoms with Crippen LogP contribution in [0, 0.1) is 0 Å². The van der Waals surface area contributed by atoms with Crippen LogP contribution in [0.3, 0.4) is 0 Å². The molecule has 2 heterocycles. The molecular weight excluding hydrogens is 180 g/mol. The molecular formula is C10H20N2S. The molecule has 2 atom stereocenters. The van der Waals surface area contributed by atoms with Crippen LogP contribution in [0.5, 0.6) is 0 Å². The zero-order valence-electron chi connectivity index (χ0n) is 8.41. The van der Waals surface area contributed by atoms with E-state index in [1.165, 1.54) is 38.1 Å². The Balaban J connectivity index is 1.81. The average molecular weight is 200 g/mol. The van der Waals surface area contributed by atoms with Gasteiger partial charge in [0.25, 0.3) is 0 Å². The van der Waals surface area contributed by atoms with Crippen molar-refractivity contribution in [2.24, 2.45) is 5.73 Å². The number of rotatable bonds is 1. The summed E-state index contributed by atoms with van der Waals surface area (Å²) in [6.45, 7) is 4.82. The van der Waals surface area contributed by atoms with E-state index < -0.39 is 0 Å². The highest BCUT2D eigenvalue weighted by Crippen LogP contribution is 2.30. The molecule has 2 nitrogen and oxygen atoms in total. The van der Waals surface area contributed by atoms with Gasteiger partial charge in [0.15, 0.2) is 0 Å². The van der Waals surface area contributed by atoms with Crippen LogP contribution in [0.4, 0.5) is 0 Å². The van der Waals surface area contributed by atoms with E-state index in [1.54, 1.807) is 0 Å². The van der Waals surface area contributed by atoms with Gasteiger partial charge in [-0.05, 0) is 32.4 Å². The second kappa shape index (κ2) is 4.20. The van der Waals surface area contributed by atoms with Gasteiger partial charge in [-0.2, -0.15) is 11.8 Å². The first kappa shape index (κ1) is 9.81. The number of hydrogen-bond donors (Lipinski definition) is 1. The monoisotopic (exact) mass is 200 g/mol. The molecule has 2 aliphatic rings. The van der Waals surface area contributed by atoms with Crippen LogP contribution in [-0.4, -0.2) is 41.1 Å². The molecule has 2 saturated heterocycles. The number of nitrogens with zero attached hydrogens (tertiary/aromatic N) is 1. The number of hydrogen-bond acceptors (Lipinski definition) is 3. The lowest BCUT2D eigenvalue weighted by molar-refractivity contribution is 0.163. The minimum absolute atomic E-state index is 0.475. The topological polar surface area (TPSA) is 29.3 Å². The molecule has 0 aromatic carbocycles. The molecule has 2 N–H and O–H groups in total. The summed E-state index contributed by atoms with van der Waals surface area (Å²) in [6, 6.07) is 1.33. The Labute approximate surface area is 85.2 Å². The predicted octanol–water partition coefficient (Wildman–Crippen LogP) is 1.30. The van der Waals surface area contributed by atoms with Gasteiger partial charge in [-0.1, -0.05) is 6.92 Å². The minimum Gasteiger partial charge on any atom is -0.328 e. The normalized spacial score (nSPS) is 38.3. The summed E-state index contributed by atoms with van der Waals surface area (Å²) in [6.07, 6.45) is 3.80. The third kappa shape index (κ3) is 2.39. The largest absolute Gasteiger partial charge is 0.328 e. The van der Waals surface area contributed by atoms with Gasteiger partial charge >= 0.3 is 0 Å². The fourth-order valence-corrected chi connectivity index (χ4v) is 3.59. The van der Waals surface area contributed by atoms with Gasteiger partial charge < -0.3 is 5.73 Å². The van der Waals surface area contributed by atoms with Crippen molar-refractivity contribution in [2.45, 2.75) is 43.5 Å². The number of likely N-dealkylation sites (tertiary alicyclic amines) is 1. The van der Waals surface area contributed by atoms with E-state index >= 15 is 0 Å². The molecule has 2 fully saturated rings. The molecule has 0 bridgehead atoms. The average Bonchev–Trinajstić information content (AvgIpc) is 2.53. The molecule has 0 spiro atoms. The Kier molecular flexibility index (Phi) is 3.17. The van der Waals surface area contributed by atoms with Crippen molar-refractivity contribution in [1.82, 2.24) is 4.90 Å². The maximum absolute atomic E-state index is 5.89. The van der Waals surface area contributed by atoms with Crippen molar-refractivity contribution >= 4 is 11.8 Å². The summed E-state index contributed by atoms with van der Waals surface area (Å²) >= 11 is 2.13. The van der Waals surface area contributed by atoms with Gasteiger partial charge in [0.2, 0.25) is 0 Å². The molecule has 0 radical (unpaired) electrons. The Morgan fingerprint density at radius 1 is 1.31 bits per heavy atom. The number of piperidine rings is 1. The highest BCUT2D eigenvalue weighted by atomic mass is 32.2. The van der Waals surface area contributed by atoms with E-state index in [-0.39, 0.29) is 0 Å². The third-order valence-corrected chi connectivity index (χ3v) is 4.61. The molecule has 0 aromatic rings. The lowest BCUT2D eigenvalue weighted by atomic mass is 10.0. The van der Waals surface area contributed by atoms with Crippen molar-refractivity contribution in [3.8, 4) is 0 Å². The summed E-state index contributed by atoms with van der Waals surface area (Å²) in [5.74, 6) is 1.34. The molecule has 0 aliphatic carbocycles. The first-order valence-corrected chi connectivity index (χ1v) is 6.42. The van der Waals surface area contributed by atoms with Gasteiger partial charge in [0.1, 0.15) is 0 Å². The molecule has 0 saturated carbocycles. The summed E-state index contributed by atoms with van der Waals surface area (Å²) in [5.41, 5.74) is 5.89. The van der Waals surface area contributed by atoms with Crippen LogP contribution in [0.2, 0.25) is 0 Å². The van der Waals surface area contributed by atoms with Gasteiger partial charge in [-0.15, -0.1) is 0 Å². The molecule has 0 amide bonds. The zero-order chi connectivity index (χ0) is 9.26. The lowest BCUT2D eigenvalue weighted by Gasteiger charge is -2.34. The lowest BCUT2D eigenvalue weighted by Crippen LogP contribution is -2.45. The highest BCUT2D eigenvalue weighted by molar-refractivity contribution is 8.00. The zero-order valence-corrected chi connectivity index (χ0v) is 9.22. The van der Waals surface area contributed by atoms with Crippen molar-refractivity contribution in [1.29, 1.82) is 0 Å². The Hall–Kier alpha value is 0.270. The maximum Gasteiger partial charge on any atom is 0.0196 e. The summed E-state index contributed by atoms with van der Waals surface area (Å²) in [7, 11) is 0. The second-order valence-corrected chi connectivity index (χ2v) is 5.88. The SMILES string of the molecule is CC1CC(N2CCC(N)CC2)CS1. The molecule has 2 rings (SSSR count). The predicted molar refractivity (Wildman–Crippen MR) is 59.1 cm³/mol. The highest BCUT2D eigenvalue weighted by Gasteiger charge is 2.29. The number of thioether (sulfide) groups is 1. The van der Waals surface area contributed by atoms with Crippen molar-refractivity contribution < 1.29 is 0 Å². The molecule has 13 heavy (non-hydrogen) atoms. The summed E-state index contributed by atoms with van der Waals surface area (Å²) in [4.78, 5) is 2.65. The van der Waals surface area contributed by atoms with E-state index in [0.29, 0.717) is 6.04 Å². The van der Waals surface area contributed by atoms with Crippen molar-refractivity contribution in [3.05, 3.63) is 0 Å². The Morgan fingerprint density at radius 3 is 2.54 bits per heavy atom. The van der Waals surface area contributed by atoms with E-state index in [2.05, 4.69) is 23.6 Å². The van der Waals surface area contributed by atoms with Gasteiger partial charge in [0.05, 0.1) is 0 Å². The smallest absolute Gasteiger partial charge is 0.0196 e. The fourth-order valence-electron chi connectivity index (χ4n) is 2.33. The maximum atomic E-state index is 5.89. The molecule has 0 aromatic heterocycles. The quantitative estimate of drug-likeness (QED) is 0.692. The van der Waals surface area contributed by atoms with Crippen LogP contribution >= 0.6 is 11.8 Å². The van der Waals surface area contributed by atoms with E-state index in [1.807, 2.05) is 0 Å². The van der Waals surface area contributed by atoms with Crippen molar-refractivity contribution in [3.63, 3.8) is 0 Å². The van der Waals surface area contributed by atoms with Crippen LogP contribution in [0.25, 0.3) is 0 Å². The van der Waals surface area contributed by atoms with E-state index in [9.17, 15) is 0 Å². The van der Waals surface area contributed by atoms with Crippen LogP contribution in [0.15, 0.2) is 0 Å². The fraction of sp³-hybridized carbons (Fsp3) is 1.00. The molecule has 2 unspecified atom stereocenters. The standard InChI is InChI=1S/C10H20N2S/c1-8-6-10(7-13-8)12-4-2-9(11)3-5-12/h8-10H,2-7,11H2,1H3. The van der Waals surface area contributed by atoms with Gasteiger partial charge in [-0.25, -0.2) is 0 Å². The Bertz CT molecular complexity index is 166. The van der Waals surface area contributed by atoms with Crippen LogP contribution in [0.1, 0.15) is 26.2 Å². The van der Waals surface area contributed by atoms with E-state index in [0.717, 1.165) is 11.3 Å². The Morgan fingerprint density at radius 2 is 2.00 bits per heavy atom. The van der Waals surface area contributed by atoms with E-state index in [4.69, 9.17) is 5.73 Å². The van der Waals surface area contributed by atoms with Crippen LogP contribution in [-0.2, 0) is 0 Å². The second-order valence-electron chi connectivity index (χ2n) is 4.41. The van der Waals surface area contributed by atoms with Gasteiger partial charge in [-0.3, -0.25) is 4.90 Å². The van der Waals surface area contributed by atoms with Crippen molar-refractivity contribution in [2.75, 3.05) is 18.8 Å². The minimum atomic E-state index is 0.475. The first-order chi connectivity index (χ1) is 6.25. The van der Waals surface area contributed by atoms with Gasteiger partial charge in [0, 0.05) is 23.1 Å².